The fourth-order valence-corrected chi connectivity index (χ4v) is 2.94. The third kappa shape index (κ3) is 3.21. The Morgan fingerprint density at radius 2 is 2.00 bits per heavy atom. The molecule has 0 spiro atoms. The molecule has 2 rings (SSSR count). The van der Waals surface area contributed by atoms with E-state index in [-0.39, 0.29) is 11.1 Å². The lowest BCUT2D eigenvalue weighted by Gasteiger charge is -2.13. The van der Waals surface area contributed by atoms with Gasteiger partial charge in [0.1, 0.15) is 5.82 Å². The smallest absolute Gasteiger partial charge is 0.258 e. The number of nitrogens with zero attached hydrogens (tertiary/aromatic N) is 1. The van der Waals surface area contributed by atoms with Crippen LogP contribution in [-0.4, -0.2) is 18.4 Å². The average Bonchev–Trinajstić information content (AvgIpc) is 2.89. The van der Waals surface area contributed by atoms with Gasteiger partial charge in [0.15, 0.2) is 5.03 Å². The van der Waals surface area contributed by atoms with Crippen LogP contribution < -0.4 is 4.72 Å². The highest BCUT2D eigenvalue weighted by Gasteiger charge is 2.20. The Labute approximate surface area is 113 Å². The summed E-state index contributed by atoms with van der Waals surface area (Å²) in [6.07, 6.45) is 2.02. The van der Waals surface area contributed by atoms with Crippen molar-refractivity contribution in [1.29, 1.82) is 0 Å². The van der Waals surface area contributed by atoms with Crippen molar-refractivity contribution in [2.75, 3.05) is 0 Å². The summed E-state index contributed by atoms with van der Waals surface area (Å²) in [6.45, 7) is 3.72. The van der Waals surface area contributed by atoms with Gasteiger partial charge in [0.2, 0.25) is 0 Å². The molecule has 6 heteroatoms. The highest BCUT2D eigenvalue weighted by Crippen LogP contribution is 2.15. The monoisotopic (exact) mass is 279 g/mol. The Balaban J connectivity index is 2.17. The first-order chi connectivity index (χ1) is 9.03. The molecule has 2 N–H and O–H groups in total. The average molecular weight is 279 g/mol. The van der Waals surface area contributed by atoms with E-state index in [4.69, 9.17) is 0 Å². The molecule has 0 bridgehead atoms. The van der Waals surface area contributed by atoms with Crippen LogP contribution in [0.1, 0.15) is 31.3 Å². The largest absolute Gasteiger partial charge is 0.332 e. The zero-order chi connectivity index (χ0) is 13.9. The van der Waals surface area contributed by atoms with Crippen molar-refractivity contribution in [3.63, 3.8) is 0 Å². The molecule has 1 atom stereocenters. The maximum atomic E-state index is 12.2. The summed E-state index contributed by atoms with van der Waals surface area (Å²) in [5, 5.41) is 0.104. The van der Waals surface area contributed by atoms with Crippen LogP contribution in [-0.2, 0) is 16.4 Å². The third-order valence-corrected chi connectivity index (χ3v) is 4.31. The fourth-order valence-electron chi connectivity index (χ4n) is 1.77. The molecule has 0 radical (unpaired) electrons. The summed E-state index contributed by atoms with van der Waals surface area (Å²) < 4.78 is 27.0. The van der Waals surface area contributed by atoms with Crippen molar-refractivity contribution in [3.8, 4) is 0 Å². The maximum Gasteiger partial charge on any atom is 0.258 e. The van der Waals surface area contributed by atoms with Gasteiger partial charge in [-0.2, -0.15) is 0 Å². The molecule has 0 aliphatic heterocycles. The minimum Gasteiger partial charge on any atom is -0.332 e. The maximum absolute atomic E-state index is 12.2. The molecule has 0 amide bonds. The number of benzene rings is 1. The summed E-state index contributed by atoms with van der Waals surface area (Å²) in [7, 11) is -3.56. The molecule has 1 aromatic heterocycles. The summed E-state index contributed by atoms with van der Waals surface area (Å²) in [6, 6.07) is 9.14. The van der Waals surface area contributed by atoms with E-state index >= 15 is 0 Å². The Morgan fingerprint density at radius 3 is 2.58 bits per heavy atom. The van der Waals surface area contributed by atoms with Gasteiger partial charge in [-0.05, 0) is 12.5 Å². The summed E-state index contributed by atoms with van der Waals surface area (Å²) >= 11 is 0. The highest BCUT2D eigenvalue weighted by molar-refractivity contribution is 7.89. The lowest BCUT2D eigenvalue weighted by molar-refractivity contribution is 0.563. The predicted molar refractivity (Wildman–Crippen MR) is 73.1 cm³/mol. The number of H-pyrrole nitrogens is 1. The van der Waals surface area contributed by atoms with Gasteiger partial charge >= 0.3 is 0 Å². The molecule has 5 nitrogen and oxygen atoms in total. The molecule has 0 aliphatic rings. The van der Waals surface area contributed by atoms with Crippen molar-refractivity contribution in [2.45, 2.75) is 31.3 Å². The van der Waals surface area contributed by atoms with E-state index in [0.29, 0.717) is 12.2 Å². The van der Waals surface area contributed by atoms with Gasteiger partial charge < -0.3 is 4.98 Å². The van der Waals surface area contributed by atoms with Crippen LogP contribution in [0.5, 0.6) is 0 Å². The van der Waals surface area contributed by atoms with E-state index in [2.05, 4.69) is 14.7 Å². The minimum absolute atomic E-state index is 0.104. The van der Waals surface area contributed by atoms with Crippen molar-refractivity contribution in [3.05, 3.63) is 47.9 Å². The zero-order valence-electron chi connectivity index (χ0n) is 10.9. The first-order valence-corrected chi connectivity index (χ1v) is 7.62. The third-order valence-electron chi connectivity index (χ3n) is 2.86. The second kappa shape index (κ2) is 5.54. The van der Waals surface area contributed by atoms with Crippen molar-refractivity contribution in [1.82, 2.24) is 14.7 Å². The Kier molecular flexibility index (Phi) is 4.01. The lowest BCUT2D eigenvalue weighted by atomic mass is 10.1. The minimum atomic E-state index is -3.56. The van der Waals surface area contributed by atoms with Crippen LogP contribution in [0.15, 0.2) is 41.6 Å². The predicted octanol–water partition coefficient (Wildman–Crippen LogP) is 2.01. The molecule has 0 saturated carbocycles. The first-order valence-electron chi connectivity index (χ1n) is 6.14. The van der Waals surface area contributed by atoms with E-state index in [0.717, 1.165) is 5.56 Å². The molecule has 0 aliphatic carbocycles. The normalized spacial score (nSPS) is 13.4. The van der Waals surface area contributed by atoms with Gasteiger partial charge in [0.05, 0.1) is 6.20 Å². The number of aromatic amines is 1. The van der Waals surface area contributed by atoms with E-state index in [1.165, 1.54) is 6.20 Å². The van der Waals surface area contributed by atoms with Crippen LogP contribution in [0.2, 0.25) is 0 Å². The molecule has 1 heterocycles. The van der Waals surface area contributed by atoms with E-state index in [1.54, 1.807) is 0 Å². The number of rotatable bonds is 5. The highest BCUT2D eigenvalue weighted by atomic mass is 32.2. The van der Waals surface area contributed by atoms with Crippen LogP contribution >= 0.6 is 0 Å². The van der Waals surface area contributed by atoms with Crippen molar-refractivity contribution >= 4 is 10.0 Å². The number of hydrogen-bond acceptors (Lipinski definition) is 3. The van der Waals surface area contributed by atoms with Gasteiger partial charge in [-0.1, -0.05) is 37.3 Å². The number of hydrogen-bond donors (Lipinski definition) is 2. The van der Waals surface area contributed by atoms with Crippen LogP contribution in [0.4, 0.5) is 0 Å². The molecular formula is C13H17N3O2S. The number of aromatic nitrogens is 2. The summed E-state index contributed by atoms with van der Waals surface area (Å²) in [5.41, 5.74) is 0.918. The number of imidazole rings is 1. The van der Waals surface area contributed by atoms with Crippen molar-refractivity contribution in [2.24, 2.45) is 0 Å². The molecule has 2 aromatic rings. The van der Waals surface area contributed by atoms with Gasteiger partial charge in [-0.25, -0.2) is 18.1 Å². The van der Waals surface area contributed by atoms with E-state index < -0.39 is 10.0 Å². The molecule has 0 saturated heterocycles. The topological polar surface area (TPSA) is 74.8 Å². The molecule has 1 unspecified atom stereocenters. The Morgan fingerprint density at radius 1 is 1.32 bits per heavy atom. The van der Waals surface area contributed by atoms with Crippen molar-refractivity contribution < 1.29 is 8.42 Å². The molecular weight excluding hydrogens is 262 g/mol. The van der Waals surface area contributed by atoms with Gasteiger partial charge in [-0.15, -0.1) is 0 Å². The number of aryl methyl sites for hydroxylation is 1. The zero-order valence-corrected chi connectivity index (χ0v) is 11.7. The Hall–Kier alpha value is -1.66. The second-order valence-electron chi connectivity index (χ2n) is 4.30. The van der Waals surface area contributed by atoms with E-state index in [9.17, 15) is 8.42 Å². The van der Waals surface area contributed by atoms with Crippen LogP contribution in [0.3, 0.4) is 0 Å². The quantitative estimate of drug-likeness (QED) is 0.879. The number of nitrogens with one attached hydrogen (secondary N) is 2. The first kappa shape index (κ1) is 13.8. The van der Waals surface area contributed by atoms with Crippen LogP contribution in [0, 0.1) is 0 Å². The summed E-state index contributed by atoms with van der Waals surface area (Å²) in [5.74, 6) is 0.660. The molecule has 1 aromatic carbocycles. The van der Waals surface area contributed by atoms with Gasteiger partial charge in [0.25, 0.3) is 10.0 Å². The van der Waals surface area contributed by atoms with Gasteiger partial charge in [-0.3, -0.25) is 0 Å². The molecule has 102 valence electrons. The van der Waals surface area contributed by atoms with E-state index in [1.807, 2.05) is 44.2 Å². The molecule has 0 fully saturated rings. The van der Waals surface area contributed by atoms with Crippen LogP contribution in [0.25, 0.3) is 0 Å². The SMILES string of the molecule is CCc1ncc(S(=O)(=O)NC(C)c2ccccc2)[nH]1. The molecule has 19 heavy (non-hydrogen) atoms. The fraction of sp³-hybridized carbons (Fsp3) is 0.308. The van der Waals surface area contributed by atoms with Gasteiger partial charge in [0, 0.05) is 12.5 Å². The Bertz CT molecular complexity index is 635. The standard InChI is InChI=1S/C13H17N3O2S/c1-3-12-14-9-13(15-12)19(17,18)16-10(2)11-7-5-4-6-8-11/h4-10,16H,3H2,1-2H3,(H,14,15). The summed E-state index contributed by atoms with van der Waals surface area (Å²) in [4.78, 5) is 6.80. The number of sulfonamides is 1. The second-order valence-corrected chi connectivity index (χ2v) is 5.98. The lowest BCUT2D eigenvalue weighted by Crippen LogP contribution is -2.27.